The summed E-state index contributed by atoms with van der Waals surface area (Å²) < 4.78 is 52.2. The lowest BCUT2D eigenvalue weighted by Gasteiger charge is -2.51. The second-order valence-electron chi connectivity index (χ2n) is 15.4. The normalized spacial score (nSPS) is 49.6. The van der Waals surface area contributed by atoms with Crippen molar-refractivity contribution in [2.45, 2.75) is 174 Å². The molecular formula is C34H58N2O25. The average molecular weight is 895 g/mol. The minimum atomic E-state index is -2.08. The van der Waals surface area contributed by atoms with Crippen LogP contribution in [0, 0.1) is 0 Å². The summed E-state index contributed by atoms with van der Waals surface area (Å²) in [5.41, 5.74) is 0. The van der Waals surface area contributed by atoms with Gasteiger partial charge in [-0.05, 0) is 6.92 Å². The van der Waals surface area contributed by atoms with Gasteiger partial charge in [0, 0.05) is 13.8 Å². The molecule has 27 nitrogen and oxygen atoms in total. The molecule has 5 fully saturated rings. The Bertz CT molecular complexity index is 1420. The van der Waals surface area contributed by atoms with E-state index in [4.69, 9.17) is 42.6 Å². The zero-order chi connectivity index (χ0) is 45.2. The fourth-order valence-corrected chi connectivity index (χ4v) is 7.74. The highest BCUT2D eigenvalue weighted by Gasteiger charge is 2.58. The first-order chi connectivity index (χ1) is 28.8. The molecule has 0 aromatic carbocycles. The minimum absolute atomic E-state index is 0.763. The molecule has 0 saturated carbocycles. The van der Waals surface area contributed by atoms with E-state index in [9.17, 15) is 81.1 Å². The molecular weight excluding hydrogens is 836 g/mol. The van der Waals surface area contributed by atoms with Gasteiger partial charge in [0.15, 0.2) is 31.5 Å². The summed E-state index contributed by atoms with van der Waals surface area (Å²) in [5, 5.41) is 154. The Kier molecular flexibility index (Phi) is 17.5. The number of hydrogen-bond acceptors (Lipinski definition) is 25. The number of amides is 2. The van der Waals surface area contributed by atoms with Crippen molar-refractivity contribution in [3.8, 4) is 0 Å². The Morgan fingerprint density at radius 2 is 0.852 bits per heavy atom. The van der Waals surface area contributed by atoms with Crippen molar-refractivity contribution in [3.05, 3.63) is 0 Å². The topological polar surface area (TPSA) is 424 Å². The maximum Gasteiger partial charge on any atom is 0.217 e. The van der Waals surface area contributed by atoms with E-state index in [2.05, 4.69) is 10.6 Å². The van der Waals surface area contributed by atoms with Gasteiger partial charge in [0.05, 0.1) is 32.5 Å². The monoisotopic (exact) mass is 894 g/mol. The van der Waals surface area contributed by atoms with E-state index in [1.807, 2.05) is 0 Å². The van der Waals surface area contributed by atoms with E-state index in [0.717, 1.165) is 13.8 Å². The first-order valence-corrected chi connectivity index (χ1v) is 19.5. The second kappa shape index (κ2) is 21.3. The fraction of sp³-hybridized carbons (Fsp3) is 0.941. The third-order valence-electron chi connectivity index (χ3n) is 11.1. The van der Waals surface area contributed by atoms with Crippen molar-refractivity contribution in [2.24, 2.45) is 0 Å². The predicted octanol–water partition coefficient (Wildman–Crippen LogP) is -10.6. The number of aliphatic hydroxyl groups is 14. The van der Waals surface area contributed by atoms with Crippen LogP contribution in [0.4, 0.5) is 0 Å². The third-order valence-corrected chi connectivity index (χ3v) is 11.1. The van der Waals surface area contributed by atoms with Gasteiger partial charge in [0.1, 0.15) is 116 Å². The first-order valence-electron chi connectivity index (χ1n) is 19.5. The third kappa shape index (κ3) is 10.8. The molecule has 27 heteroatoms. The summed E-state index contributed by atoms with van der Waals surface area (Å²) in [4.78, 5) is 24.9. The van der Waals surface area contributed by atoms with Crippen molar-refractivity contribution in [2.75, 3.05) is 26.4 Å². The maximum atomic E-state index is 12.7. The van der Waals surface area contributed by atoms with Crippen LogP contribution in [0.3, 0.4) is 0 Å². The molecule has 2 amide bonds. The molecule has 16 N–H and O–H groups in total. The highest BCUT2D eigenvalue weighted by Crippen LogP contribution is 2.37. The van der Waals surface area contributed by atoms with E-state index in [0.29, 0.717) is 0 Å². The van der Waals surface area contributed by atoms with E-state index in [1.165, 1.54) is 6.92 Å². The van der Waals surface area contributed by atoms with E-state index in [1.54, 1.807) is 0 Å². The van der Waals surface area contributed by atoms with E-state index < -0.39 is 192 Å². The highest BCUT2D eigenvalue weighted by molar-refractivity contribution is 5.73. The molecule has 1 unspecified atom stereocenters. The smallest absolute Gasteiger partial charge is 0.217 e. The predicted molar refractivity (Wildman–Crippen MR) is 188 cm³/mol. The standard InChI is InChI=1S/C34H58N2O25/c1-8-17(43)23(49)24(50)33(53-8)61-29-28(60-31-15(35-9(2)41)22(48)18(44)11(4-37)55-31)21(47)14(7-40)57-34(29)58-26-16(36-10(3)42)32(56-13(6-39)19(26)45)59-27-20(46)12(5-38)54-30(52)25(27)51/h8,11-34,37-40,43-52H,4-7H2,1-3H3,(H,35,41)(H,36,42)/t8-,11+,12+,13+,14+,15+,16+,17+,18-,19+,20-,21-,22+,23+,24-,25+,26+,27-,28-,29+,30?,31-,32-,33-,34-/m0/s1. The summed E-state index contributed by atoms with van der Waals surface area (Å²) in [6.45, 7) is -0.358. The lowest BCUT2D eigenvalue weighted by atomic mass is 9.93. The quantitative estimate of drug-likeness (QED) is 0.0770. The number of aliphatic hydroxyl groups excluding tert-OH is 14. The van der Waals surface area contributed by atoms with Gasteiger partial charge in [-0.2, -0.15) is 0 Å². The zero-order valence-corrected chi connectivity index (χ0v) is 33.0. The van der Waals surface area contributed by atoms with Crippen LogP contribution in [0.5, 0.6) is 0 Å². The number of nitrogens with one attached hydrogen (secondary N) is 2. The summed E-state index contributed by atoms with van der Waals surface area (Å²) >= 11 is 0. The molecule has 0 radical (unpaired) electrons. The maximum absolute atomic E-state index is 12.7. The van der Waals surface area contributed by atoms with Gasteiger partial charge < -0.3 is 125 Å². The van der Waals surface area contributed by atoms with Crippen LogP contribution in [-0.4, -0.2) is 263 Å². The number of carbonyl (C=O) groups is 2. The fourth-order valence-electron chi connectivity index (χ4n) is 7.74. The molecule has 5 aliphatic rings. The minimum Gasteiger partial charge on any atom is -0.394 e. The Labute approximate surface area is 346 Å². The van der Waals surface area contributed by atoms with Crippen LogP contribution in [0.25, 0.3) is 0 Å². The second-order valence-corrected chi connectivity index (χ2v) is 15.4. The largest absolute Gasteiger partial charge is 0.394 e. The Balaban J connectivity index is 1.57. The first kappa shape index (κ1) is 50.0. The lowest BCUT2D eigenvalue weighted by Crippen LogP contribution is -2.71. The molecule has 61 heavy (non-hydrogen) atoms. The highest BCUT2D eigenvalue weighted by atomic mass is 16.8. The Hall–Kier alpha value is -1.98. The summed E-state index contributed by atoms with van der Waals surface area (Å²) in [6, 6.07) is -3.36. The molecule has 0 spiro atoms. The van der Waals surface area contributed by atoms with Crippen molar-refractivity contribution in [1.82, 2.24) is 10.6 Å². The SMILES string of the molecule is CC(=O)N[C@H]1[C@H](O[C@H]2[C@@H](O)[C@@H](CO)O[C@@H](O[C@H]3[C@H](O)[C@@H](CO)O[C@@H](O[C@H]4[C@@H](O)[C@@H](CO)OC(O)[C@@H]4O)[C@@H]3NC(C)=O)[C@@H]2O[C@@H]2O[C@@H](C)[C@@H](O)[C@@H](O)[C@@H]2O)O[C@H](CO)[C@H](O)[C@@H]1O. The van der Waals surface area contributed by atoms with Gasteiger partial charge >= 0.3 is 0 Å². The molecule has 5 heterocycles. The zero-order valence-electron chi connectivity index (χ0n) is 33.0. The lowest BCUT2D eigenvalue weighted by molar-refractivity contribution is -0.399. The number of carbonyl (C=O) groups excluding carboxylic acids is 2. The number of hydrogen-bond donors (Lipinski definition) is 16. The van der Waals surface area contributed by atoms with E-state index in [-0.39, 0.29) is 0 Å². The molecule has 0 bridgehead atoms. The molecule has 354 valence electrons. The summed E-state index contributed by atoms with van der Waals surface area (Å²) in [5.74, 6) is -1.59. The summed E-state index contributed by atoms with van der Waals surface area (Å²) in [7, 11) is 0. The molecule has 0 aromatic heterocycles. The molecule has 25 atom stereocenters. The van der Waals surface area contributed by atoms with Crippen LogP contribution < -0.4 is 10.6 Å². The number of rotatable bonds is 14. The average Bonchev–Trinajstić information content (AvgIpc) is 3.22. The van der Waals surface area contributed by atoms with Crippen molar-refractivity contribution >= 4 is 11.8 Å². The Morgan fingerprint density at radius 1 is 0.426 bits per heavy atom. The molecule has 0 aliphatic carbocycles. The van der Waals surface area contributed by atoms with Crippen LogP contribution in [0.2, 0.25) is 0 Å². The van der Waals surface area contributed by atoms with Gasteiger partial charge in [0.2, 0.25) is 11.8 Å². The number of ether oxygens (including phenoxy) is 9. The molecule has 5 aliphatic heterocycles. The van der Waals surface area contributed by atoms with Crippen molar-refractivity contribution in [1.29, 1.82) is 0 Å². The van der Waals surface area contributed by atoms with Gasteiger partial charge in [-0.15, -0.1) is 0 Å². The summed E-state index contributed by atoms with van der Waals surface area (Å²) in [6.07, 6.45) is -42.2. The van der Waals surface area contributed by atoms with Gasteiger partial charge in [-0.25, -0.2) is 0 Å². The molecule has 5 saturated heterocycles. The van der Waals surface area contributed by atoms with Gasteiger partial charge in [-0.1, -0.05) is 0 Å². The van der Waals surface area contributed by atoms with Crippen LogP contribution in [0.15, 0.2) is 0 Å². The van der Waals surface area contributed by atoms with Crippen LogP contribution in [-0.2, 0) is 52.2 Å². The Morgan fingerprint density at radius 3 is 1.41 bits per heavy atom. The van der Waals surface area contributed by atoms with Crippen LogP contribution in [0.1, 0.15) is 20.8 Å². The van der Waals surface area contributed by atoms with Crippen molar-refractivity contribution < 1.29 is 124 Å². The van der Waals surface area contributed by atoms with Gasteiger partial charge in [0.25, 0.3) is 0 Å². The van der Waals surface area contributed by atoms with Crippen LogP contribution >= 0.6 is 0 Å². The molecule has 5 rings (SSSR count). The van der Waals surface area contributed by atoms with Gasteiger partial charge in [-0.3, -0.25) is 9.59 Å². The molecule has 0 aromatic rings. The van der Waals surface area contributed by atoms with E-state index >= 15 is 0 Å². The van der Waals surface area contributed by atoms with Crippen molar-refractivity contribution in [3.63, 3.8) is 0 Å².